The van der Waals surface area contributed by atoms with E-state index in [9.17, 15) is 4.39 Å². The Balaban J connectivity index is 2.11. The monoisotopic (exact) mass is 179 g/mol. The van der Waals surface area contributed by atoms with E-state index in [0.717, 1.165) is 12.0 Å². The van der Waals surface area contributed by atoms with Crippen LogP contribution in [-0.2, 0) is 0 Å². The summed E-state index contributed by atoms with van der Waals surface area (Å²) in [6.07, 6.45) is 1.08. The van der Waals surface area contributed by atoms with Gasteiger partial charge in [0, 0.05) is 11.6 Å². The summed E-state index contributed by atoms with van der Waals surface area (Å²) in [6.45, 7) is 4.31. The van der Waals surface area contributed by atoms with Gasteiger partial charge >= 0.3 is 0 Å². The van der Waals surface area contributed by atoms with Crippen molar-refractivity contribution in [3.63, 3.8) is 0 Å². The lowest BCUT2D eigenvalue weighted by atomic mass is 9.81. The summed E-state index contributed by atoms with van der Waals surface area (Å²) in [5, 5.41) is 3.40. The second-order valence-electron chi connectivity index (χ2n) is 4.34. The van der Waals surface area contributed by atoms with Gasteiger partial charge in [-0.25, -0.2) is 4.39 Å². The zero-order valence-corrected chi connectivity index (χ0v) is 7.97. The van der Waals surface area contributed by atoms with Crippen LogP contribution >= 0.6 is 0 Å². The van der Waals surface area contributed by atoms with Gasteiger partial charge in [-0.05, 0) is 38.0 Å². The second-order valence-corrected chi connectivity index (χ2v) is 4.34. The van der Waals surface area contributed by atoms with Gasteiger partial charge < -0.3 is 5.32 Å². The van der Waals surface area contributed by atoms with Gasteiger partial charge in [0.15, 0.2) is 0 Å². The SMILES string of the molecule is CC1(C)C[C@@H](c2cccc(F)c2)N1. The number of halogens is 1. The fourth-order valence-electron chi connectivity index (χ4n) is 1.89. The first kappa shape index (κ1) is 8.70. The highest BCUT2D eigenvalue weighted by Crippen LogP contribution is 2.34. The van der Waals surface area contributed by atoms with E-state index in [2.05, 4.69) is 19.2 Å². The molecule has 1 aromatic carbocycles. The molecule has 1 nitrogen and oxygen atoms in total. The highest BCUT2D eigenvalue weighted by atomic mass is 19.1. The first-order chi connectivity index (χ1) is 6.07. The summed E-state index contributed by atoms with van der Waals surface area (Å²) < 4.78 is 12.9. The van der Waals surface area contributed by atoms with Gasteiger partial charge in [-0.3, -0.25) is 0 Å². The third kappa shape index (κ3) is 1.73. The number of rotatable bonds is 1. The van der Waals surface area contributed by atoms with E-state index in [-0.39, 0.29) is 11.4 Å². The molecule has 1 aliphatic rings. The Kier molecular flexibility index (Phi) is 1.88. The van der Waals surface area contributed by atoms with E-state index < -0.39 is 0 Å². The van der Waals surface area contributed by atoms with Gasteiger partial charge in [0.2, 0.25) is 0 Å². The molecular weight excluding hydrogens is 165 g/mol. The van der Waals surface area contributed by atoms with E-state index in [4.69, 9.17) is 0 Å². The van der Waals surface area contributed by atoms with Gasteiger partial charge in [0.25, 0.3) is 0 Å². The largest absolute Gasteiger partial charge is 0.305 e. The fraction of sp³-hybridized carbons (Fsp3) is 0.455. The molecule has 1 aromatic rings. The van der Waals surface area contributed by atoms with Crippen molar-refractivity contribution in [1.29, 1.82) is 0 Å². The minimum Gasteiger partial charge on any atom is -0.305 e. The van der Waals surface area contributed by atoms with Crippen LogP contribution in [0, 0.1) is 5.82 Å². The van der Waals surface area contributed by atoms with Crippen molar-refractivity contribution in [3.05, 3.63) is 35.6 Å². The highest BCUT2D eigenvalue weighted by Gasteiger charge is 2.35. The maximum absolute atomic E-state index is 12.9. The first-order valence-corrected chi connectivity index (χ1v) is 4.60. The quantitative estimate of drug-likeness (QED) is 0.698. The molecule has 0 unspecified atom stereocenters. The zero-order chi connectivity index (χ0) is 9.47. The molecule has 1 aliphatic heterocycles. The Labute approximate surface area is 78.0 Å². The number of benzene rings is 1. The summed E-state index contributed by atoms with van der Waals surface area (Å²) in [7, 11) is 0. The van der Waals surface area contributed by atoms with Gasteiger partial charge in [-0.1, -0.05) is 12.1 Å². The number of nitrogens with one attached hydrogen (secondary N) is 1. The Morgan fingerprint density at radius 1 is 1.46 bits per heavy atom. The lowest BCUT2D eigenvalue weighted by Crippen LogP contribution is -2.54. The Morgan fingerprint density at radius 2 is 2.15 bits per heavy atom. The summed E-state index contributed by atoms with van der Waals surface area (Å²) in [4.78, 5) is 0. The fourth-order valence-corrected chi connectivity index (χ4v) is 1.89. The molecule has 1 atom stereocenters. The van der Waals surface area contributed by atoms with Crippen molar-refractivity contribution in [2.24, 2.45) is 0 Å². The van der Waals surface area contributed by atoms with Crippen molar-refractivity contribution in [2.75, 3.05) is 0 Å². The standard InChI is InChI=1S/C11H14FN/c1-11(2)7-10(13-11)8-4-3-5-9(12)6-8/h3-6,10,13H,7H2,1-2H3/t10-/m0/s1. The number of hydrogen-bond donors (Lipinski definition) is 1. The van der Waals surface area contributed by atoms with E-state index >= 15 is 0 Å². The van der Waals surface area contributed by atoms with Crippen LogP contribution in [0.5, 0.6) is 0 Å². The molecule has 1 heterocycles. The molecule has 2 rings (SSSR count). The van der Waals surface area contributed by atoms with E-state index in [1.807, 2.05) is 6.07 Å². The molecule has 2 heteroatoms. The molecular formula is C11H14FN. The average Bonchev–Trinajstić information content (AvgIpc) is 2.00. The van der Waals surface area contributed by atoms with Crippen LogP contribution in [0.4, 0.5) is 4.39 Å². The first-order valence-electron chi connectivity index (χ1n) is 4.60. The van der Waals surface area contributed by atoms with Crippen LogP contribution in [0.15, 0.2) is 24.3 Å². The Bertz CT molecular complexity index is 312. The molecule has 70 valence electrons. The average molecular weight is 179 g/mol. The van der Waals surface area contributed by atoms with Crippen molar-refractivity contribution >= 4 is 0 Å². The van der Waals surface area contributed by atoms with Crippen molar-refractivity contribution in [1.82, 2.24) is 5.32 Å². The molecule has 1 fully saturated rings. The van der Waals surface area contributed by atoms with Crippen LogP contribution in [0.3, 0.4) is 0 Å². The Morgan fingerprint density at radius 3 is 2.69 bits per heavy atom. The molecule has 0 bridgehead atoms. The number of hydrogen-bond acceptors (Lipinski definition) is 1. The second kappa shape index (κ2) is 2.81. The topological polar surface area (TPSA) is 12.0 Å². The lowest BCUT2D eigenvalue weighted by molar-refractivity contribution is 0.177. The minimum absolute atomic E-state index is 0.149. The van der Waals surface area contributed by atoms with Crippen LogP contribution in [0.1, 0.15) is 31.9 Å². The van der Waals surface area contributed by atoms with E-state index in [0.29, 0.717) is 6.04 Å². The van der Waals surface area contributed by atoms with E-state index in [1.54, 1.807) is 12.1 Å². The summed E-state index contributed by atoms with van der Waals surface area (Å²) in [6, 6.07) is 7.15. The van der Waals surface area contributed by atoms with Gasteiger partial charge in [0.1, 0.15) is 5.82 Å². The van der Waals surface area contributed by atoms with Crippen LogP contribution in [-0.4, -0.2) is 5.54 Å². The zero-order valence-electron chi connectivity index (χ0n) is 7.97. The normalized spacial score (nSPS) is 25.3. The summed E-state index contributed by atoms with van der Waals surface area (Å²) >= 11 is 0. The third-order valence-electron chi connectivity index (χ3n) is 2.53. The third-order valence-corrected chi connectivity index (χ3v) is 2.53. The molecule has 0 aromatic heterocycles. The highest BCUT2D eigenvalue weighted by molar-refractivity contribution is 5.24. The van der Waals surface area contributed by atoms with Gasteiger partial charge in [-0.15, -0.1) is 0 Å². The van der Waals surface area contributed by atoms with Crippen LogP contribution < -0.4 is 5.32 Å². The molecule has 0 saturated carbocycles. The molecule has 1 saturated heterocycles. The van der Waals surface area contributed by atoms with Crippen molar-refractivity contribution in [3.8, 4) is 0 Å². The maximum Gasteiger partial charge on any atom is 0.123 e. The molecule has 13 heavy (non-hydrogen) atoms. The van der Waals surface area contributed by atoms with E-state index in [1.165, 1.54) is 6.07 Å². The van der Waals surface area contributed by atoms with Gasteiger partial charge in [0.05, 0.1) is 0 Å². The van der Waals surface area contributed by atoms with Gasteiger partial charge in [-0.2, -0.15) is 0 Å². The summed E-state index contributed by atoms with van der Waals surface area (Å²) in [5.74, 6) is -0.149. The molecule has 0 spiro atoms. The Hall–Kier alpha value is -0.890. The molecule has 0 radical (unpaired) electrons. The lowest BCUT2D eigenvalue weighted by Gasteiger charge is -2.44. The van der Waals surface area contributed by atoms with Crippen LogP contribution in [0.25, 0.3) is 0 Å². The predicted octanol–water partition coefficient (Wildman–Crippen LogP) is 2.64. The molecule has 0 amide bonds. The van der Waals surface area contributed by atoms with Crippen molar-refractivity contribution < 1.29 is 4.39 Å². The summed E-state index contributed by atoms with van der Waals surface area (Å²) in [5.41, 5.74) is 1.27. The maximum atomic E-state index is 12.9. The van der Waals surface area contributed by atoms with Crippen LogP contribution in [0.2, 0.25) is 0 Å². The molecule has 1 N–H and O–H groups in total. The smallest absolute Gasteiger partial charge is 0.123 e. The van der Waals surface area contributed by atoms with Crippen molar-refractivity contribution in [2.45, 2.75) is 31.8 Å². The predicted molar refractivity (Wildman–Crippen MR) is 51.0 cm³/mol. The molecule has 0 aliphatic carbocycles. The minimum atomic E-state index is -0.149.